The molecule has 0 aromatic rings. The van der Waals surface area contributed by atoms with Gasteiger partial charge in [0.1, 0.15) is 0 Å². The summed E-state index contributed by atoms with van der Waals surface area (Å²) in [6.07, 6.45) is 0.696. The van der Waals surface area contributed by atoms with Crippen molar-refractivity contribution >= 4 is 23.5 Å². The highest BCUT2D eigenvalue weighted by atomic mass is 17.2. The van der Waals surface area contributed by atoms with E-state index in [9.17, 15) is 39.6 Å². The van der Waals surface area contributed by atoms with Crippen LogP contribution in [0.25, 0.3) is 0 Å². The molecule has 0 aromatic heterocycles. The number of hydrogen-bond acceptors (Lipinski definition) is 10. The second kappa shape index (κ2) is 9.55. The topological polar surface area (TPSA) is 168 Å². The average molecular weight is 404 g/mol. The Bertz CT molecular complexity index is 589. The quantitative estimate of drug-likeness (QED) is 0.142. The predicted octanol–water partition coefficient (Wildman–Crippen LogP) is 0.0385. The lowest BCUT2D eigenvalue weighted by molar-refractivity contribution is -0.317. The van der Waals surface area contributed by atoms with E-state index in [0.29, 0.717) is 19.3 Å². The molecule has 1 aliphatic rings. The van der Waals surface area contributed by atoms with Gasteiger partial charge in [0.2, 0.25) is 0 Å². The lowest BCUT2D eigenvalue weighted by Crippen LogP contribution is -2.62. The number of unbranched alkanes of at least 4 members (excludes halogenated alkanes) is 1. The van der Waals surface area contributed by atoms with Crippen molar-refractivity contribution in [3.63, 3.8) is 0 Å². The second-order valence-corrected chi connectivity index (χ2v) is 7.04. The zero-order valence-electron chi connectivity index (χ0n) is 16.1. The van der Waals surface area contributed by atoms with Gasteiger partial charge in [-0.05, 0) is 25.7 Å². The monoisotopic (exact) mass is 404 g/mol. The van der Waals surface area contributed by atoms with E-state index in [4.69, 9.17) is 0 Å². The normalized spacial score (nSPS) is 17.8. The predicted molar refractivity (Wildman–Crippen MR) is 91.9 cm³/mol. The van der Waals surface area contributed by atoms with Gasteiger partial charge in [-0.15, -0.1) is 0 Å². The van der Waals surface area contributed by atoms with Crippen LogP contribution in [0, 0.1) is 5.41 Å². The molecule has 1 rings (SSSR count). The molecule has 10 nitrogen and oxygen atoms in total. The Kier molecular flexibility index (Phi) is 8.24. The minimum atomic E-state index is -3.58. The summed E-state index contributed by atoms with van der Waals surface area (Å²) in [6.45, 7) is 3.33. The van der Waals surface area contributed by atoms with E-state index in [1.54, 1.807) is 13.8 Å². The number of rotatable bonds is 8. The van der Waals surface area contributed by atoms with Crippen molar-refractivity contribution in [2.24, 2.45) is 5.41 Å². The molecule has 0 heterocycles. The fourth-order valence-electron chi connectivity index (χ4n) is 3.27. The summed E-state index contributed by atoms with van der Waals surface area (Å²) in [5, 5.41) is 40.1. The van der Waals surface area contributed by atoms with E-state index in [1.165, 1.54) is 0 Å². The molecule has 0 unspecified atom stereocenters. The smallest absolute Gasteiger partial charge is 0.357 e. The zero-order chi connectivity index (χ0) is 21.6. The van der Waals surface area contributed by atoms with Crippen molar-refractivity contribution in [1.82, 2.24) is 0 Å². The van der Waals surface area contributed by atoms with E-state index in [2.05, 4.69) is 9.78 Å². The molecule has 0 aliphatic heterocycles. The summed E-state index contributed by atoms with van der Waals surface area (Å²) in [6, 6.07) is 0. The summed E-state index contributed by atoms with van der Waals surface area (Å²) in [7, 11) is 0. The molecular weight excluding hydrogens is 376 g/mol. The minimum absolute atomic E-state index is 0.130. The van der Waals surface area contributed by atoms with Crippen LogP contribution >= 0.6 is 0 Å². The molecular formula is C18H28O10. The number of hydrogen-bond donors (Lipinski definition) is 4. The Balaban J connectivity index is 3.04. The van der Waals surface area contributed by atoms with E-state index < -0.39 is 46.9 Å². The van der Waals surface area contributed by atoms with E-state index in [0.717, 1.165) is 0 Å². The molecule has 10 heteroatoms. The van der Waals surface area contributed by atoms with Crippen LogP contribution in [-0.4, -0.2) is 55.5 Å². The highest BCUT2D eigenvalue weighted by Gasteiger charge is 2.65. The van der Waals surface area contributed by atoms with Crippen LogP contribution in [0.4, 0.5) is 0 Å². The summed E-state index contributed by atoms with van der Waals surface area (Å²) >= 11 is 0. The van der Waals surface area contributed by atoms with Gasteiger partial charge in [-0.3, -0.25) is 9.59 Å². The SMILES string of the molecule is CCCCC(O)(O)C(=O)OOC(=O)C(O)(O)C1(CCC)C(=O)CCCCC1=O. The molecule has 1 aliphatic carbocycles. The molecule has 0 radical (unpaired) electrons. The largest absolute Gasteiger partial charge is 0.415 e. The first-order chi connectivity index (χ1) is 13.0. The standard InChI is InChI=1S/C18H28O10/c1-3-5-11-17(23,24)14(21)27-28-15(22)18(25,26)16(10-4-2)12(19)8-6-7-9-13(16)20/h23-26H,3-11H2,1-2H3. The van der Waals surface area contributed by atoms with Crippen LogP contribution in [-0.2, 0) is 29.0 Å². The van der Waals surface area contributed by atoms with Crippen molar-refractivity contribution < 1.29 is 49.4 Å². The molecule has 4 N–H and O–H groups in total. The van der Waals surface area contributed by atoms with Gasteiger partial charge in [0.25, 0.3) is 11.6 Å². The van der Waals surface area contributed by atoms with E-state index >= 15 is 0 Å². The number of carbonyl (C=O) groups excluding carboxylic acids is 4. The Morgan fingerprint density at radius 2 is 1.43 bits per heavy atom. The van der Waals surface area contributed by atoms with Gasteiger partial charge >= 0.3 is 11.9 Å². The van der Waals surface area contributed by atoms with Gasteiger partial charge in [-0.2, -0.15) is 0 Å². The van der Waals surface area contributed by atoms with Crippen LogP contribution < -0.4 is 0 Å². The highest BCUT2D eigenvalue weighted by molar-refractivity contribution is 6.12. The second-order valence-electron chi connectivity index (χ2n) is 7.04. The first-order valence-corrected chi connectivity index (χ1v) is 9.36. The van der Waals surface area contributed by atoms with Gasteiger partial charge in [0.05, 0.1) is 0 Å². The third kappa shape index (κ3) is 4.75. The third-order valence-electron chi connectivity index (χ3n) is 4.91. The Morgan fingerprint density at radius 1 is 0.929 bits per heavy atom. The molecule has 0 amide bonds. The van der Waals surface area contributed by atoms with Crippen LogP contribution in [0.1, 0.15) is 71.6 Å². The first-order valence-electron chi connectivity index (χ1n) is 9.36. The summed E-state index contributed by atoms with van der Waals surface area (Å²) in [5.74, 6) is -11.9. The number of aliphatic hydroxyl groups is 4. The minimum Gasteiger partial charge on any atom is -0.357 e. The van der Waals surface area contributed by atoms with Gasteiger partial charge in [-0.25, -0.2) is 19.4 Å². The molecule has 0 bridgehead atoms. The van der Waals surface area contributed by atoms with E-state index in [-0.39, 0.29) is 32.1 Å². The van der Waals surface area contributed by atoms with Crippen LogP contribution in [0.15, 0.2) is 0 Å². The van der Waals surface area contributed by atoms with E-state index in [1.807, 2.05) is 0 Å². The van der Waals surface area contributed by atoms with Crippen LogP contribution in [0.3, 0.4) is 0 Å². The molecule has 0 atom stereocenters. The maximum Gasteiger partial charge on any atom is 0.415 e. The lowest BCUT2D eigenvalue weighted by atomic mass is 9.68. The summed E-state index contributed by atoms with van der Waals surface area (Å²) in [4.78, 5) is 57.2. The maximum atomic E-state index is 12.6. The van der Waals surface area contributed by atoms with Crippen molar-refractivity contribution in [1.29, 1.82) is 0 Å². The van der Waals surface area contributed by atoms with Crippen LogP contribution in [0.2, 0.25) is 0 Å². The molecule has 1 fully saturated rings. The fourth-order valence-corrected chi connectivity index (χ4v) is 3.27. The molecule has 160 valence electrons. The average Bonchev–Trinajstić information content (AvgIpc) is 2.78. The summed E-state index contributed by atoms with van der Waals surface area (Å²) < 4.78 is 0. The van der Waals surface area contributed by atoms with Crippen molar-refractivity contribution in [2.45, 2.75) is 83.2 Å². The van der Waals surface area contributed by atoms with Crippen molar-refractivity contribution in [2.75, 3.05) is 0 Å². The van der Waals surface area contributed by atoms with Crippen molar-refractivity contribution in [3.8, 4) is 0 Å². The lowest BCUT2D eigenvalue weighted by Gasteiger charge is -2.38. The fraction of sp³-hybridized carbons (Fsp3) is 0.778. The molecule has 28 heavy (non-hydrogen) atoms. The highest BCUT2D eigenvalue weighted by Crippen LogP contribution is 2.42. The number of carbonyl (C=O) groups is 4. The number of ketones is 2. The van der Waals surface area contributed by atoms with Gasteiger partial charge in [0, 0.05) is 19.3 Å². The maximum absolute atomic E-state index is 12.6. The van der Waals surface area contributed by atoms with Gasteiger partial charge in [-0.1, -0.05) is 26.7 Å². The Hall–Kier alpha value is -1.88. The number of Topliss-reactive ketones (excluding diaryl/α,β-unsaturated/α-hetero) is 2. The van der Waals surface area contributed by atoms with Gasteiger partial charge in [0.15, 0.2) is 17.0 Å². The molecule has 1 saturated carbocycles. The Labute approximate surface area is 162 Å². The molecule has 0 aromatic carbocycles. The van der Waals surface area contributed by atoms with Crippen molar-refractivity contribution in [3.05, 3.63) is 0 Å². The molecule has 0 saturated heterocycles. The zero-order valence-corrected chi connectivity index (χ0v) is 16.1. The first kappa shape index (κ1) is 24.2. The van der Waals surface area contributed by atoms with Gasteiger partial charge < -0.3 is 20.4 Å². The summed E-state index contributed by atoms with van der Waals surface area (Å²) in [5.41, 5.74) is -2.44. The Morgan fingerprint density at radius 3 is 1.89 bits per heavy atom. The molecule has 0 spiro atoms. The van der Waals surface area contributed by atoms with Crippen LogP contribution in [0.5, 0.6) is 0 Å². The third-order valence-corrected chi connectivity index (χ3v) is 4.91.